The van der Waals surface area contributed by atoms with Crippen LogP contribution < -0.4 is 0 Å². The Morgan fingerprint density at radius 3 is 3.06 bits per heavy atom. The third-order valence-electron chi connectivity index (χ3n) is 2.08. The van der Waals surface area contributed by atoms with Gasteiger partial charge in [-0.05, 0) is 13.0 Å². The first kappa shape index (κ1) is 12.1. The van der Waals surface area contributed by atoms with Crippen molar-refractivity contribution < 1.29 is 9.90 Å². The summed E-state index contributed by atoms with van der Waals surface area (Å²) >= 11 is 2.78. The first-order valence-corrected chi connectivity index (χ1v) is 6.78. The summed E-state index contributed by atoms with van der Waals surface area (Å²) in [6.07, 6.45) is 3.64. The van der Waals surface area contributed by atoms with Gasteiger partial charge < -0.3 is 5.11 Å². The second-order valence-electron chi connectivity index (χ2n) is 3.32. The molecule has 0 radical (unpaired) electrons. The number of carboxylic acid groups (broad SMARTS) is 1. The molecule has 17 heavy (non-hydrogen) atoms. The fourth-order valence-corrected chi connectivity index (χ4v) is 3.32. The standard InChI is InChI=1S/C10H11N3O2S2/c1-7-8(9(14)15)17-10(12-7)16-6-5-13-4-2-3-11-13/h2-4H,5-6H2,1H3,(H,14,15). The SMILES string of the molecule is Cc1nc(SCCn2cccn2)sc1C(=O)O. The molecule has 0 aliphatic heterocycles. The van der Waals surface area contributed by atoms with Gasteiger partial charge in [0.15, 0.2) is 4.34 Å². The minimum absolute atomic E-state index is 0.326. The van der Waals surface area contributed by atoms with Gasteiger partial charge in [-0.25, -0.2) is 9.78 Å². The highest BCUT2D eigenvalue weighted by molar-refractivity contribution is 8.01. The summed E-state index contributed by atoms with van der Waals surface area (Å²) in [5.74, 6) is -0.0767. The van der Waals surface area contributed by atoms with E-state index in [1.807, 2.05) is 16.9 Å². The molecule has 1 N–H and O–H groups in total. The van der Waals surface area contributed by atoms with Crippen LogP contribution in [0.15, 0.2) is 22.8 Å². The number of thioether (sulfide) groups is 1. The predicted octanol–water partition coefficient (Wildman–Crippen LogP) is 2.14. The lowest BCUT2D eigenvalue weighted by atomic mass is 10.4. The third-order valence-corrected chi connectivity index (χ3v) is 4.34. The average Bonchev–Trinajstić information content (AvgIpc) is 2.88. The molecule has 0 amide bonds. The molecule has 2 rings (SSSR count). The van der Waals surface area contributed by atoms with Crippen molar-refractivity contribution in [3.05, 3.63) is 29.0 Å². The Labute approximate surface area is 106 Å². The molecule has 0 aliphatic carbocycles. The molecule has 90 valence electrons. The molecule has 0 atom stereocenters. The Morgan fingerprint density at radius 2 is 2.47 bits per heavy atom. The normalized spacial score (nSPS) is 10.6. The number of aromatic nitrogens is 3. The van der Waals surface area contributed by atoms with E-state index < -0.39 is 5.97 Å². The third kappa shape index (κ3) is 3.07. The maximum Gasteiger partial charge on any atom is 0.347 e. The van der Waals surface area contributed by atoms with Crippen molar-refractivity contribution in [2.24, 2.45) is 0 Å². The fraction of sp³-hybridized carbons (Fsp3) is 0.300. The van der Waals surface area contributed by atoms with Crippen LogP contribution >= 0.6 is 23.1 Å². The van der Waals surface area contributed by atoms with Gasteiger partial charge in [-0.3, -0.25) is 4.68 Å². The lowest BCUT2D eigenvalue weighted by molar-refractivity contribution is 0.0701. The molecule has 5 nitrogen and oxygen atoms in total. The quantitative estimate of drug-likeness (QED) is 0.842. The molecule has 0 saturated heterocycles. The summed E-state index contributed by atoms with van der Waals surface area (Å²) < 4.78 is 2.64. The Kier molecular flexibility index (Phi) is 3.80. The van der Waals surface area contributed by atoms with E-state index in [9.17, 15) is 4.79 Å². The average molecular weight is 269 g/mol. The second kappa shape index (κ2) is 5.33. The molecule has 7 heteroatoms. The van der Waals surface area contributed by atoms with Crippen molar-refractivity contribution in [3.8, 4) is 0 Å². The smallest absolute Gasteiger partial charge is 0.347 e. The van der Waals surface area contributed by atoms with Gasteiger partial charge in [0.1, 0.15) is 4.88 Å². The van der Waals surface area contributed by atoms with Gasteiger partial charge in [0.05, 0.1) is 12.2 Å². The molecule has 2 aromatic heterocycles. The van der Waals surface area contributed by atoms with E-state index >= 15 is 0 Å². The summed E-state index contributed by atoms with van der Waals surface area (Å²) in [6.45, 7) is 2.51. The number of carbonyl (C=O) groups is 1. The first-order chi connectivity index (χ1) is 8.16. The van der Waals surface area contributed by atoms with Crippen LogP contribution in [-0.2, 0) is 6.54 Å². The molecule has 0 unspecified atom stereocenters. The summed E-state index contributed by atoms with van der Waals surface area (Å²) in [7, 11) is 0. The Morgan fingerprint density at radius 1 is 1.65 bits per heavy atom. The van der Waals surface area contributed by atoms with Crippen LogP contribution in [0.25, 0.3) is 0 Å². The zero-order chi connectivity index (χ0) is 12.3. The van der Waals surface area contributed by atoms with Crippen LogP contribution in [0.4, 0.5) is 0 Å². The van der Waals surface area contributed by atoms with E-state index in [1.165, 1.54) is 11.3 Å². The second-order valence-corrected chi connectivity index (χ2v) is 5.66. The van der Waals surface area contributed by atoms with Crippen LogP contribution in [0.1, 0.15) is 15.4 Å². The van der Waals surface area contributed by atoms with Crippen molar-refractivity contribution in [2.75, 3.05) is 5.75 Å². The molecule has 0 fully saturated rings. The van der Waals surface area contributed by atoms with E-state index in [0.29, 0.717) is 10.6 Å². The van der Waals surface area contributed by atoms with Crippen LogP contribution in [-0.4, -0.2) is 31.6 Å². The van der Waals surface area contributed by atoms with Crippen molar-refractivity contribution in [1.29, 1.82) is 0 Å². The minimum Gasteiger partial charge on any atom is -0.477 e. The first-order valence-electron chi connectivity index (χ1n) is 4.98. The highest BCUT2D eigenvalue weighted by Gasteiger charge is 2.13. The summed E-state index contributed by atoms with van der Waals surface area (Å²) in [5, 5.41) is 13.0. The van der Waals surface area contributed by atoms with E-state index in [-0.39, 0.29) is 0 Å². The summed E-state index contributed by atoms with van der Waals surface area (Å²) in [4.78, 5) is 15.4. The van der Waals surface area contributed by atoms with Crippen molar-refractivity contribution in [3.63, 3.8) is 0 Å². The Balaban J connectivity index is 1.91. The van der Waals surface area contributed by atoms with Crippen LogP contribution in [0.5, 0.6) is 0 Å². The van der Waals surface area contributed by atoms with E-state index in [4.69, 9.17) is 5.11 Å². The molecule has 2 heterocycles. The van der Waals surface area contributed by atoms with Gasteiger partial charge in [0, 0.05) is 18.1 Å². The van der Waals surface area contributed by atoms with Crippen LogP contribution in [0.3, 0.4) is 0 Å². The monoisotopic (exact) mass is 269 g/mol. The van der Waals surface area contributed by atoms with Gasteiger partial charge >= 0.3 is 5.97 Å². The number of aryl methyl sites for hydroxylation is 2. The Bertz CT molecular complexity index is 508. The minimum atomic E-state index is -0.904. The molecule has 0 spiro atoms. The molecule has 0 aromatic carbocycles. The van der Waals surface area contributed by atoms with Gasteiger partial charge in [-0.2, -0.15) is 5.10 Å². The molecular formula is C10H11N3O2S2. The van der Waals surface area contributed by atoms with Gasteiger partial charge in [-0.1, -0.05) is 11.8 Å². The number of thiazole rings is 1. The van der Waals surface area contributed by atoms with Crippen LogP contribution in [0.2, 0.25) is 0 Å². The maximum atomic E-state index is 10.8. The summed E-state index contributed by atoms with van der Waals surface area (Å²) in [6, 6.07) is 1.88. The largest absolute Gasteiger partial charge is 0.477 e. The zero-order valence-corrected chi connectivity index (χ0v) is 10.8. The zero-order valence-electron chi connectivity index (χ0n) is 9.16. The van der Waals surface area contributed by atoms with Gasteiger partial charge in [0.25, 0.3) is 0 Å². The molecule has 2 aromatic rings. The molecule has 0 saturated carbocycles. The lowest BCUT2D eigenvalue weighted by Gasteiger charge is -1.98. The number of hydrogen-bond acceptors (Lipinski definition) is 5. The number of nitrogens with zero attached hydrogens (tertiary/aromatic N) is 3. The predicted molar refractivity (Wildman–Crippen MR) is 66.8 cm³/mol. The van der Waals surface area contributed by atoms with Gasteiger partial charge in [-0.15, -0.1) is 11.3 Å². The van der Waals surface area contributed by atoms with E-state index in [1.54, 1.807) is 24.9 Å². The van der Waals surface area contributed by atoms with Crippen molar-refractivity contribution in [2.45, 2.75) is 17.8 Å². The fourth-order valence-electron chi connectivity index (χ4n) is 1.29. The van der Waals surface area contributed by atoms with Gasteiger partial charge in [0.2, 0.25) is 0 Å². The lowest BCUT2D eigenvalue weighted by Crippen LogP contribution is -1.99. The van der Waals surface area contributed by atoms with E-state index in [0.717, 1.165) is 16.6 Å². The molecular weight excluding hydrogens is 258 g/mol. The van der Waals surface area contributed by atoms with Crippen molar-refractivity contribution in [1.82, 2.24) is 14.8 Å². The number of hydrogen-bond donors (Lipinski definition) is 1. The Hall–Kier alpha value is -1.34. The number of carboxylic acids is 1. The number of aromatic carboxylic acids is 1. The summed E-state index contributed by atoms with van der Waals surface area (Å²) in [5.41, 5.74) is 0.587. The topological polar surface area (TPSA) is 68.0 Å². The number of rotatable bonds is 5. The maximum absolute atomic E-state index is 10.8. The van der Waals surface area contributed by atoms with Crippen LogP contribution in [0, 0.1) is 6.92 Å². The van der Waals surface area contributed by atoms with E-state index in [2.05, 4.69) is 10.1 Å². The molecule has 0 aliphatic rings. The highest BCUT2D eigenvalue weighted by Crippen LogP contribution is 2.27. The van der Waals surface area contributed by atoms with Crippen molar-refractivity contribution >= 4 is 29.1 Å². The highest BCUT2D eigenvalue weighted by atomic mass is 32.2. The molecule has 0 bridgehead atoms.